The Bertz CT molecular complexity index is 147. The van der Waals surface area contributed by atoms with Crippen molar-refractivity contribution < 1.29 is 9.47 Å². The summed E-state index contributed by atoms with van der Waals surface area (Å²) in [6.07, 6.45) is 0.386. The Morgan fingerprint density at radius 2 is 1.18 bits per heavy atom. The first-order valence-corrected chi connectivity index (χ1v) is 6.80. The maximum atomic E-state index is 5.49. The van der Waals surface area contributed by atoms with E-state index >= 15 is 0 Å². The first-order chi connectivity index (χ1) is 7.54. The van der Waals surface area contributed by atoms with Crippen LogP contribution in [0.1, 0.15) is 62.3 Å². The molecule has 0 bridgehead atoms. The molecule has 0 saturated heterocycles. The molecule has 0 atom stereocenters. The highest BCUT2D eigenvalue weighted by Crippen LogP contribution is 2.08. The van der Waals surface area contributed by atoms with Crippen molar-refractivity contribution in [3.05, 3.63) is 0 Å². The molecule has 0 radical (unpaired) electrons. The molecule has 0 aromatic rings. The van der Waals surface area contributed by atoms with E-state index < -0.39 is 0 Å². The first kappa shape index (κ1) is 19.3. The minimum Gasteiger partial charge on any atom is -0.379 e. The first-order valence-electron chi connectivity index (χ1n) is 6.80. The van der Waals surface area contributed by atoms with E-state index in [9.17, 15) is 0 Å². The van der Waals surface area contributed by atoms with E-state index in [2.05, 4.69) is 62.3 Å². The Kier molecular flexibility index (Phi) is 11.2. The fraction of sp³-hybridized carbons (Fsp3) is 1.00. The molecule has 2 nitrogen and oxygen atoms in total. The molecule has 106 valence electrons. The van der Waals surface area contributed by atoms with Crippen molar-refractivity contribution in [1.29, 1.82) is 0 Å². The second kappa shape index (κ2) is 9.90. The summed E-state index contributed by atoms with van der Waals surface area (Å²) in [4.78, 5) is 0. The lowest BCUT2D eigenvalue weighted by Crippen LogP contribution is -2.21. The van der Waals surface area contributed by atoms with Gasteiger partial charge in [-0.1, -0.05) is 27.7 Å². The van der Waals surface area contributed by atoms with Crippen LogP contribution in [-0.2, 0) is 9.47 Å². The molecule has 17 heavy (non-hydrogen) atoms. The summed E-state index contributed by atoms with van der Waals surface area (Å²) in [5.74, 6) is 1.31. The molecule has 0 amide bonds. The summed E-state index contributed by atoms with van der Waals surface area (Å²) >= 11 is 0. The van der Waals surface area contributed by atoms with Crippen molar-refractivity contribution in [2.75, 3.05) is 13.2 Å². The largest absolute Gasteiger partial charge is 0.379 e. The third-order valence-electron chi connectivity index (χ3n) is 1.61. The highest BCUT2D eigenvalue weighted by molar-refractivity contribution is 4.58. The van der Waals surface area contributed by atoms with Crippen LogP contribution in [0, 0.1) is 11.8 Å². The molecule has 0 rings (SSSR count). The SMILES string of the molecule is CC(C)COC(C)(C)C.CC(C)COC(C)C. The molecule has 0 aromatic carbocycles. The number of hydrogen-bond donors (Lipinski definition) is 0. The molecule has 0 aliphatic heterocycles. The lowest BCUT2D eigenvalue weighted by molar-refractivity contribution is -0.0167. The lowest BCUT2D eigenvalue weighted by Gasteiger charge is -2.20. The molecule has 0 heterocycles. The maximum Gasteiger partial charge on any atom is 0.0598 e. The molecular formula is C15H34O2. The van der Waals surface area contributed by atoms with Crippen LogP contribution in [0.15, 0.2) is 0 Å². The number of hydrogen-bond acceptors (Lipinski definition) is 2. The van der Waals surface area contributed by atoms with E-state index in [1.807, 2.05) is 0 Å². The van der Waals surface area contributed by atoms with Crippen molar-refractivity contribution in [1.82, 2.24) is 0 Å². The summed E-state index contributed by atoms with van der Waals surface area (Å²) in [5.41, 5.74) is 0.0320. The molecule has 0 N–H and O–H groups in total. The minimum absolute atomic E-state index is 0.0320. The van der Waals surface area contributed by atoms with Crippen LogP contribution >= 0.6 is 0 Å². The molecule has 0 unspecified atom stereocenters. The average Bonchev–Trinajstić information content (AvgIpc) is 2.11. The molecule has 0 aromatic heterocycles. The predicted octanol–water partition coefficient (Wildman–Crippen LogP) is 4.52. The van der Waals surface area contributed by atoms with Gasteiger partial charge in [0.25, 0.3) is 0 Å². The highest BCUT2D eigenvalue weighted by Gasteiger charge is 2.09. The monoisotopic (exact) mass is 246 g/mol. The van der Waals surface area contributed by atoms with Crippen LogP contribution in [0.3, 0.4) is 0 Å². The lowest BCUT2D eigenvalue weighted by atomic mass is 10.2. The molecular weight excluding hydrogens is 212 g/mol. The van der Waals surface area contributed by atoms with Gasteiger partial charge in [0.15, 0.2) is 0 Å². The fourth-order valence-electron chi connectivity index (χ4n) is 0.802. The van der Waals surface area contributed by atoms with E-state index in [0.29, 0.717) is 17.9 Å². The van der Waals surface area contributed by atoms with Gasteiger partial charge < -0.3 is 9.47 Å². The molecule has 2 heteroatoms. The van der Waals surface area contributed by atoms with Gasteiger partial charge in [-0.2, -0.15) is 0 Å². The van der Waals surface area contributed by atoms with Gasteiger partial charge in [0, 0.05) is 13.2 Å². The normalized spacial score (nSPS) is 12.0. The van der Waals surface area contributed by atoms with E-state index in [-0.39, 0.29) is 5.60 Å². The Labute approximate surface area is 109 Å². The molecule has 0 aliphatic rings. The zero-order chi connectivity index (χ0) is 14.1. The zero-order valence-electron chi connectivity index (χ0n) is 13.5. The van der Waals surface area contributed by atoms with Crippen LogP contribution in [0.2, 0.25) is 0 Å². The molecule has 0 saturated carbocycles. The Morgan fingerprint density at radius 1 is 0.765 bits per heavy atom. The fourth-order valence-corrected chi connectivity index (χ4v) is 0.802. The zero-order valence-corrected chi connectivity index (χ0v) is 13.5. The van der Waals surface area contributed by atoms with E-state index in [0.717, 1.165) is 13.2 Å². The standard InChI is InChI=1S/C8H18O.C7H16O/c1-7(2)6-9-8(3,4)5;1-6(2)5-8-7(3)4/h7H,6H2,1-5H3;6-7H,5H2,1-4H3. The summed E-state index contributed by atoms with van der Waals surface area (Å²) in [6, 6.07) is 0. The Hall–Kier alpha value is -0.0800. The molecule has 0 aliphatic carbocycles. The van der Waals surface area contributed by atoms with Gasteiger partial charge in [-0.3, -0.25) is 0 Å². The van der Waals surface area contributed by atoms with E-state index in [1.54, 1.807) is 0 Å². The van der Waals surface area contributed by atoms with Crippen molar-refractivity contribution in [2.45, 2.75) is 74.0 Å². The Morgan fingerprint density at radius 3 is 1.29 bits per heavy atom. The Balaban J connectivity index is 0. The topological polar surface area (TPSA) is 18.5 Å². The maximum absolute atomic E-state index is 5.49. The van der Waals surface area contributed by atoms with Gasteiger partial charge in [-0.05, 0) is 46.5 Å². The van der Waals surface area contributed by atoms with Crippen LogP contribution in [0.5, 0.6) is 0 Å². The molecule has 0 spiro atoms. The minimum atomic E-state index is 0.0320. The van der Waals surface area contributed by atoms with Crippen molar-refractivity contribution in [3.63, 3.8) is 0 Å². The average molecular weight is 246 g/mol. The number of ether oxygens (including phenoxy) is 2. The summed E-state index contributed by atoms with van der Waals surface area (Å²) < 4.78 is 10.8. The summed E-state index contributed by atoms with van der Waals surface area (Å²) in [7, 11) is 0. The van der Waals surface area contributed by atoms with E-state index in [1.165, 1.54) is 0 Å². The van der Waals surface area contributed by atoms with Gasteiger partial charge in [0.2, 0.25) is 0 Å². The summed E-state index contributed by atoms with van der Waals surface area (Å²) in [6.45, 7) is 20.7. The summed E-state index contributed by atoms with van der Waals surface area (Å²) in [5, 5.41) is 0. The van der Waals surface area contributed by atoms with Crippen molar-refractivity contribution in [2.24, 2.45) is 11.8 Å². The molecule has 0 fully saturated rings. The predicted molar refractivity (Wildman–Crippen MR) is 76.5 cm³/mol. The van der Waals surface area contributed by atoms with Crippen LogP contribution in [0.4, 0.5) is 0 Å². The second-order valence-corrected chi connectivity index (χ2v) is 6.59. The third kappa shape index (κ3) is 25.9. The van der Waals surface area contributed by atoms with Crippen LogP contribution in [0.25, 0.3) is 0 Å². The number of rotatable bonds is 5. The van der Waals surface area contributed by atoms with Gasteiger partial charge in [-0.15, -0.1) is 0 Å². The van der Waals surface area contributed by atoms with Gasteiger partial charge >= 0.3 is 0 Å². The van der Waals surface area contributed by atoms with Crippen LogP contribution in [-0.4, -0.2) is 24.9 Å². The van der Waals surface area contributed by atoms with E-state index in [4.69, 9.17) is 9.47 Å². The third-order valence-corrected chi connectivity index (χ3v) is 1.61. The highest BCUT2D eigenvalue weighted by atomic mass is 16.5. The second-order valence-electron chi connectivity index (χ2n) is 6.59. The quantitative estimate of drug-likeness (QED) is 0.710. The van der Waals surface area contributed by atoms with Crippen molar-refractivity contribution in [3.8, 4) is 0 Å². The van der Waals surface area contributed by atoms with Crippen molar-refractivity contribution >= 4 is 0 Å². The van der Waals surface area contributed by atoms with Crippen LogP contribution < -0.4 is 0 Å². The smallest absolute Gasteiger partial charge is 0.0598 e. The van der Waals surface area contributed by atoms with Gasteiger partial charge in [0.1, 0.15) is 0 Å². The van der Waals surface area contributed by atoms with Gasteiger partial charge in [0.05, 0.1) is 11.7 Å². The van der Waals surface area contributed by atoms with Gasteiger partial charge in [-0.25, -0.2) is 0 Å².